The Kier molecular flexibility index (Phi) is 2.85. The average Bonchev–Trinajstić information content (AvgIpc) is 2.82. The molecule has 0 aliphatic heterocycles. The summed E-state index contributed by atoms with van der Waals surface area (Å²) in [6.45, 7) is 2.08. The summed E-state index contributed by atoms with van der Waals surface area (Å²) in [7, 11) is 0. The smallest absolute Gasteiger partial charge is 0.0667 e. The van der Waals surface area contributed by atoms with Gasteiger partial charge in [-0.25, -0.2) is 4.52 Å². The second kappa shape index (κ2) is 4.65. The van der Waals surface area contributed by atoms with E-state index in [1.165, 1.54) is 16.8 Å². The third-order valence-electron chi connectivity index (χ3n) is 3.24. The number of pyridine rings is 1. The minimum atomic E-state index is 0.991. The van der Waals surface area contributed by atoms with Gasteiger partial charge in [-0.2, -0.15) is 5.10 Å². The van der Waals surface area contributed by atoms with Gasteiger partial charge in [0.1, 0.15) is 0 Å². The Morgan fingerprint density at radius 3 is 2.56 bits per heavy atom. The van der Waals surface area contributed by atoms with Crippen LogP contribution in [0.25, 0.3) is 5.52 Å². The highest BCUT2D eigenvalue weighted by atomic mass is 15.2. The largest absolute Gasteiger partial charge is 0.238 e. The van der Waals surface area contributed by atoms with Gasteiger partial charge in [-0.15, -0.1) is 0 Å². The Bertz CT molecular complexity index is 653. The quantitative estimate of drug-likeness (QED) is 0.681. The van der Waals surface area contributed by atoms with Crippen LogP contribution in [0, 0.1) is 6.92 Å². The molecule has 0 saturated carbocycles. The van der Waals surface area contributed by atoms with Crippen LogP contribution in [0.1, 0.15) is 17.0 Å². The molecule has 2 aromatic heterocycles. The van der Waals surface area contributed by atoms with E-state index in [9.17, 15) is 0 Å². The third kappa shape index (κ3) is 2.14. The van der Waals surface area contributed by atoms with E-state index >= 15 is 0 Å². The molecule has 0 aliphatic carbocycles. The van der Waals surface area contributed by atoms with E-state index in [-0.39, 0.29) is 0 Å². The summed E-state index contributed by atoms with van der Waals surface area (Å²) in [4.78, 5) is 0. The van der Waals surface area contributed by atoms with E-state index in [1.54, 1.807) is 0 Å². The summed E-state index contributed by atoms with van der Waals surface area (Å²) in [6, 6.07) is 19.0. The normalized spacial score (nSPS) is 10.9. The number of aryl methyl sites for hydroxylation is 3. The first-order chi connectivity index (χ1) is 8.83. The van der Waals surface area contributed by atoms with Crippen LogP contribution in [-0.2, 0) is 12.8 Å². The standard InChI is InChI=1S/C16H16N2/c1-13-6-5-9-16-12-15(17-18(13)16)11-10-14-7-3-2-4-8-14/h2-9,12H,10-11H2,1H3. The van der Waals surface area contributed by atoms with E-state index < -0.39 is 0 Å². The second-order valence-electron chi connectivity index (χ2n) is 4.63. The maximum absolute atomic E-state index is 4.64. The zero-order chi connectivity index (χ0) is 12.4. The lowest BCUT2D eigenvalue weighted by atomic mass is 10.1. The Morgan fingerprint density at radius 2 is 1.78 bits per heavy atom. The van der Waals surface area contributed by atoms with E-state index in [0.717, 1.165) is 18.5 Å². The molecule has 0 fully saturated rings. The fourth-order valence-corrected chi connectivity index (χ4v) is 2.24. The molecule has 0 radical (unpaired) electrons. The van der Waals surface area contributed by atoms with Crippen LogP contribution in [0.3, 0.4) is 0 Å². The van der Waals surface area contributed by atoms with Crippen molar-refractivity contribution in [1.82, 2.24) is 9.61 Å². The van der Waals surface area contributed by atoms with Crippen molar-refractivity contribution in [2.75, 3.05) is 0 Å². The third-order valence-corrected chi connectivity index (χ3v) is 3.24. The molecule has 0 amide bonds. The lowest BCUT2D eigenvalue weighted by molar-refractivity contribution is 0.836. The Labute approximate surface area is 107 Å². The molecule has 2 heteroatoms. The first-order valence-corrected chi connectivity index (χ1v) is 6.31. The maximum Gasteiger partial charge on any atom is 0.0667 e. The second-order valence-corrected chi connectivity index (χ2v) is 4.63. The van der Waals surface area contributed by atoms with E-state index in [4.69, 9.17) is 0 Å². The SMILES string of the molecule is Cc1cccc2cc(CCc3ccccc3)nn12. The highest BCUT2D eigenvalue weighted by Gasteiger charge is 2.03. The molecule has 0 atom stereocenters. The van der Waals surface area contributed by atoms with Gasteiger partial charge in [0.2, 0.25) is 0 Å². The number of aromatic nitrogens is 2. The van der Waals surface area contributed by atoms with Crippen molar-refractivity contribution in [3.8, 4) is 0 Å². The number of rotatable bonds is 3. The topological polar surface area (TPSA) is 17.3 Å². The fourth-order valence-electron chi connectivity index (χ4n) is 2.24. The summed E-state index contributed by atoms with van der Waals surface area (Å²) in [5, 5.41) is 4.64. The number of nitrogens with zero attached hydrogens (tertiary/aromatic N) is 2. The summed E-state index contributed by atoms with van der Waals surface area (Å²) < 4.78 is 2.01. The average molecular weight is 236 g/mol. The van der Waals surface area contributed by atoms with Crippen molar-refractivity contribution < 1.29 is 0 Å². The summed E-state index contributed by atoms with van der Waals surface area (Å²) in [5.41, 5.74) is 4.89. The van der Waals surface area contributed by atoms with E-state index in [1.807, 2.05) is 4.52 Å². The van der Waals surface area contributed by atoms with Crippen molar-refractivity contribution in [1.29, 1.82) is 0 Å². The molecule has 90 valence electrons. The van der Waals surface area contributed by atoms with Crippen LogP contribution in [0.4, 0.5) is 0 Å². The molecule has 0 bridgehead atoms. The summed E-state index contributed by atoms with van der Waals surface area (Å²) in [6.07, 6.45) is 2.04. The lowest BCUT2D eigenvalue weighted by Crippen LogP contribution is -1.95. The zero-order valence-corrected chi connectivity index (χ0v) is 10.5. The fraction of sp³-hybridized carbons (Fsp3) is 0.188. The predicted octanol–water partition coefficient (Wildman–Crippen LogP) is 3.43. The Morgan fingerprint density at radius 1 is 0.944 bits per heavy atom. The summed E-state index contributed by atoms with van der Waals surface area (Å²) >= 11 is 0. The molecular weight excluding hydrogens is 220 g/mol. The zero-order valence-electron chi connectivity index (χ0n) is 10.5. The van der Waals surface area contributed by atoms with Gasteiger partial charge in [-0.05, 0) is 43.5 Å². The molecule has 2 nitrogen and oxygen atoms in total. The highest BCUT2D eigenvalue weighted by Crippen LogP contribution is 2.11. The Balaban J connectivity index is 1.81. The van der Waals surface area contributed by atoms with Gasteiger partial charge < -0.3 is 0 Å². The van der Waals surface area contributed by atoms with Crippen LogP contribution in [0.15, 0.2) is 54.6 Å². The van der Waals surface area contributed by atoms with Gasteiger partial charge in [0.25, 0.3) is 0 Å². The van der Waals surface area contributed by atoms with Crippen LogP contribution in [0.5, 0.6) is 0 Å². The van der Waals surface area contributed by atoms with Gasteiger partial charge in [0.15, 0.2) is 0 Å². The number of fused-ring (bicyclic) bond motifs is 1. The lowest BCUT2D eigenvalue weighted by Gasteiger charge is -1.98. The molecule has 3 aromatic rings. The van der Waals surface area contributed by atoms with Crippen molar-refractivity contribution in [2.24, 2.45) is 0 Å². The van der Waals surface area contributed by atoms with Crippen molar-refractivity contribution in [2.45, 2.75) is 19.8 Å². The maximum atomic E-state index is 4.64. The number of hydrogen-bond acceptors (Lipinski definition) is 1. The monoisotopic (exact) mass is 236 g/mol. The molecule has 18 heavy (non-hydrogen) atoms. The van der Waals surface area contributed by atoms with Gasteiger partial charge in [0.05, 0.1) is 11.2 Å². The Hall–Kier alpha value is -2.09. The van der Waals surface area contributed by atoms with E-state index in [2.05, 4.69) is 66.6 Å². The molecule has 2 heterocycles. The van der Waals surface area contributed by atoms with Crippen molar-refractivity contribution >= 4 is 5.52 Å². The van der Waals surface area contributed by atoms with Gasteiger partial charge in [-0.3, -0.25) is 0 Å². The molecule has 0 aliphatic rings. The molecular formula is C16H16N2. The van der Waals surface area contributed by atoms with Crippen LogP contribution in [-0.4, -0.2) is 9.61 Å². The van der Waals surface area contributed by atoms with Gasteiger partial charge in [0, 0.05) is 5.69 Å². The van der Waals surface area contributed by atoms with Gasteiger partial charge in [-0.1, -0.05) is 36.4 Å². The molecule has 0 saturated heterocycles. The first-order valence-electron chi connectivity index (χ1n) is 6.31. The molecule has 0 unspecified atom stereocenters. The van der Waals surface area contributed by atoms with Crippen LogP contribution >= 0.6 is 0 Å². The molecule has 1 aromatic carbocycles. The van der Waals surface area contributed by atoms with Crippen molar-refractivity contribution in [3.63, 3.8) is 0 Å². The van der Waals surface area contributed by atoms with E-state index in [0.29, 0.717) is 0 Å². The molecule has 3 rings (SSSR count). The van der Waals surface area contributed by atoms with Crippen LogP contribution < -0.4 is 0 Å². The predicted molar refractivity (Wildman–Crippen MR) is 73.8 cm³/mol. The number of benzene rings is 1. The molecule has 0 N–H and O–H groups in total. The minimum absolute atomic E-state index is 0.991. The summed E-state index contributed by atoms with van der Waals surface area (Å²) in [5.74, 6) is 0. The highest BCUT2D eigenvalue weighted by molar-refractivity contribution is 5.48. The molecule has 0 spiro atoms. The first kappa shape index (κ1) is 11.0. The van der Waals surface area contributed by atoms with Crippen LogP contribution in [0.2, 0.25) is 0 Å². The van der Waals surface area contributed by atoms with Crippen molar-refractivity contribution in [3.05, 3.63) is 71.5 Å². The minimum Gasteiger partial charge on any atom is -0.238 e. The van der Waals surface area contributed by atoms with Gasteiger partial charge >= 0.3 is 0 Å². The number of hydrogen-bond donors (Lipinski definition) is 0.